The highest BCUT2D eigenvalue weighted by atomic mass is 16.6. The minimum atomic E-state index is -0.477. The van der Waals surface area contributed by atoms with Crippen LogP contribution in [0.15, 0.2) is 30.3 Å². The Labute approximate surface area is 181 Å². The summed E-state index contributed by atoms with van der Waals surface area (Å²) < 4.78 is 15.6. The summed E-state index contributed by atoms with van der Waals surface area (Å²) in [5.41, 5.74) is 0.938. The Morgan fingerprint density at radius 3 is 2.17 bits per heavy atom. The number of amides is 1. The Kier molecular flexibility index (Phi) is 16.4. The maximum absolute atomic E-state index is 11.7. The molecule has 0 bridgehead atoms. The van der Waals surface area contributed by atoms with Crippen molar-refractivity contribution in [2.24, 2.45) is 0 Å². The normalized spacial score (nSPS) is 10.6. The molecular weight excluding hydrogens is 382 g/mol. The van der Waals surface area contributed by atoms with Gasteiger partial charge in [0, 0.05) is 13.0 Å². The largest absolute Gasteiger partial charge is 0.463 e. The van der Waals surface area contributed by atoms with Gasteiger partial charge in [0.15, 0.2) is 0 Å². The Hall–Kier alpha value is -2.08. The molecule has 6 heteroatoms. The molecule has 0 aromatic heterocycles. The molecule has 0 aliphatic rings. The van der Waals surface area contributed by atoms with Gasteiger partial charge >= 0.3 is 12.1 Å². The highest BCUT2D eigenvalue weighted by molar-refractivity contribution is 5.69. The molecule has 30 heavy (non-hydrogen) atoms. The van der Waals surface area contributed by atoms with E-state index in [1.807, 2.05) is 30.3 Å². The average molecular weight is 422 g/mol. The second-order valence-electron chi connectivity index (χ2n) is 7.40. The van der Waals surface area contributed by atoms with Crippen molar-refractivity contribution in [1.29, 1.82) is 0 Å². The van der Waals surface area contributed by atoms with Crippen LogP contribution in [0.1, 0.15) is 76.7 Å². The molecule has 6 nitrogen and oxygen atoms in total. The van der Waals surface area contributed by atoms with Crippen LogP contribution in [-0.4, -0.2) is 38.4 Å². The number of carbonyl (C=O) groups excluding carboxylic acids is 2. The predicted molar refractivity (Wildman–Crippen MR) is 118 cm³/mol. The summed E-state index contributed by atoms with van der Waals surface area (Å²) in [5, 5.41) is 2.62. The van der Waals surface area contributed by atoms with Gasteiger partial charge in [-0.15, -0.1) is 0 Å². The minimum Gasteiger partial charge on any atom is -0.463 e. The number of benzene rings is 1. The van der Waals surface area contributed by atoms with Gasteiger partial charge in [0.05, 0.1) is 13.2 Å². The van der Waals surface area contributed by atoms with Crippen LogP contribution in [0.5, 0.6) is 0 Å². The van der Waals surface area contributed by atoms with Crippen molar-refractivity contribution in [3.05, 3.63) is 35.9 Å². The van der Waals surface area contributed by atoms with Crippen LogP contribution in [0.2, 0.25) is 0 Å². The molecule has 0 radical (unpaired) electrons. The van der Waals surface area contributed by atoms with Gasteiger partial charge in [-0.1, -0.05) is 88.6 Å². The molecule has 0 spiro atoms. The molecule has 0 aliphatic carbocycles. The summed E-state index contributed by atoms with van der Waals surface area (Å²) >= 11 is 0. The Morgan fingerprint density at radius 1 is 0.800 bits per heavy atom. The molecule has 0 aliphatic heterocycles. The molecule has 1 aromatic carbocycles. The fourth-order valence-corrected chi connectivity index (χ4v) is 2.97. The van der Waals surface area contributed by atoms with E-state index in [0.717, 1.165) is 18.4 Å². The molecule has 0 unspecified atom stereocenters. The summed E-state index contributed by atoms with van der Waals surface area (Å²) in [6, 6.07) is 9.50. The fraction of sp³-hybridized carbons (Fsp3) is 0.667. The van der Waals surface area contributed by atoms with Crippen LogP contribution in [0, 0.1) is 0 Å². The summed E-state index contributed by atoms with van der Waals surface area (Å²) in [6.45, 7) is 3.73. The van der Waals surface area contributed by atoms with Crippen molar-refractivity contribution in [2.75, 3.05) is 26.4 Å². The van der Waals surface area contributed by atoms with Crippen molar-refractivity contribution in [1.82, 2.24) is 5.32 Å². The van der Waals surface area contributed by atoms with Crippen LogP contribution in [0.4, 0.5) is 4.79 Å². The van der Waals surface area contributed by atoms with Crippen LogP contribution in [0.25, 0.3) is 0 Å². The van der Waals surface area contributed by atoms with Crippen molar-refractivity contribution in [3.63, 3.8) is 0 Å². The number of rotatable bonds is 18. The van der Waals surface area contributed by atoms with Crippen LogP contribution in [0.3, 0.4) is 0 Å². The lowest BCUT2D eigenvalue weighted by Crippen LogP contribution is -2.28. The third kappa shape index (κ3) is 15.8. The van der Waals surface area contributed by atoms with E-state index in [1.165, 1.54) is 44.9 Å². The van der Waals surface area contributed by atoms with E-state index in [9.17, 15) is 9.59 Å². The first kappa shape index (κ1) is 26.0. The second-order valence-corrected chi connectivity index (χ2v) is 7.40. The quantitative estimate of drug-likeness (QED) is 0.254. The van der Waals surface area contributed by atoms with Crippen molar-refractivity contribution in [3.8, 4) is 0 Å². The number of carbonyl (C=O) groups is 2. The number of esters is 1. The molecule has 1 aromatic rings. The highest BCUT2D eigenvalue weighted by Gasteiger charge is 2.04. The summed E-state index contributed by atoms with van der Waals surface area (Å²) in [7, 11) is 0. The van der Waals surface area contributed by atoms with E-state index in [0.29, 0.717) is 26.2 Å². The molecule has 1 N–H and O–H groups in total. The molecule has 1 amide bonds. The third-order valence-corrected chi connectivity index (χ3v) is 4.70. The second kappa shape index (κ2) is 18.9. The van der Waals surface area contributed by atoms with Crippen LogP contribution in [-0.2, 0) is 25.6 Å². The maximum Gasteiger partial charge on any atom is 0.407 e. The zero-order valence-electron chi connectivity index (χ0n) is 18.5. The van der Waals surface area contributed by atoms with Crippen molar-refractivity contribution < 1.29 is 23.8 Å². The van der Waals surface area contributed by atoms with Crippen molar-refractivity contribution >= 4 is 12.1 Å². The van der Waals surface area contributed by atoms with Gasteiger partial charge in [0.2, 0.25) is 0 Å². The number of hydrogen-bond acceptors (Lipinski definition) is 5. The highest BCUT2D eigenvalue weighted by Crippen LogP contribution is 2.10. The number of nitrogens with one attached hydrogen (secondary N) is 1. The maximum atomic E-state index is 11.7. The van der Waals surface area contributed by atoms with Gasteiger partial charge in [0.25, 0.3) is 0 Å². The monoisotopic (exact) mass is 421 g/mol. The molecule has 0 atom stereocenters. The van der Waals surface area contributed by atoms with Gasteiger partial charge < -0.3 is 19.5 Å². The Balaban J connectivity index is 1.82. The number of alkyl carbamates (subject to hydrolysis) is 1. The topological polar surface area (TPSA) is 73.9 Å². The van der Waals surface area contributed by atoms with E-state index >= 15 is 0 Å². The molecular formula is C24H39NO5. The Morgan fingerprint density at radius 2 is 1.47 bits per heavy atom. The van der Waals surface area contributed by atoms with E-state index in [4.69, 9.17) is 14.2 Å². The zero-order chi connectivity index (χ0) is 21.7. The SMILES string of the molecule is CCCCCCCCCCCC(=O)OCCOCCNC(=O)OCc1ccccc1. The van der Waals surface area contributed by atoms with Gasteiger partial charge in [0.1, 0.15) is 13.2 Å². The Bertz CT molecular complexity index is 550. The summed E-state index contributed by atoms with van der Waals surface area (Å²) in [5.74, 6) is -0.163. The van der Waals surface area contributed by atoms with Gasteiger partial charge in [-0.25, -0.2) is 4.79 Å². The van der Waals surface area contributed by atoms with Gasteiger partial charge in [-0.3, -0.25) is 4.79 Å². The molecule has 0 saturated heterocycles. The first-order valence-corrected chi connectivity index (χ1v) is 11.4. The van der Waals surface area contributed by atoms with Gasteiger partial charge in [-0.2, -0.15) is 0 Å². The third-order valence-electron chi connectivity index (χ3n) is 4.70. The fourth-order valence-electron chi connectivity index (χ4n) is 2.97. The molecule has 0 saturated carbocycles. The molecule has 170 valence electrons. The van der Waals surface area contributed by atoms with Crippen LogP contribution >= 0.6 is 0 Å². The summed E-state index contributed by atoms with van der Waals surface area (Å²) in [6.07, 6.45) is 11.1. The van der Waals surface area contributed by atoms with E-state index < -0.39 is 6.09 Å². The first-order chi connectivity index (χ1) is 14.7. The van der Waals surface area contributed by atoms with Crippen molar-refractivity contribution in [2.45, 2.75) is 77.7 Å². The van der Waals surface area contributed by atoms with Crippen LogP contribution < -0.4 is 5.32 Å². The molecule has 1 rings (SSSR count). The predicted octanol–water partition coefficient (Wildman–Crippen LogP) is 5.39. The number of unbranched alkanes of at least 4 members (excludes halogenated alkanes) is 8. The lowest BCUT2D eigenvalue weighted by molar-refractivity contribution is -0.145. The molecule has 0 heterocycles. The summed E-state index contributed by atoms with van der Waals surface area (Å²) in [4.78, 5) is 23.2. The smallest absolute Gasteiger partial charge is 0.407 e. The number of hydrogen-bond donors (Lipinski definition) is 1. The zero-order valence-corrected chi connectivity index (χ0v) is 18.5. The average Bonchev–Trinajstić information content (AvgIpc) is 2.76. The standard InChI is InChI=1S/C24H39NO5/c1-2-3-4-5-6-7-8-9-13-16-23(26)29-20-19-28-18-17-25-24(27)30-21-22-14-11-10-12-15-22/h10-12,14-15H,2-9,13,16-21H2,1H3,(H,25,27). The van der Waals surface area contributed by atoms with E-state index in [2.05, 4.69) is 12.2 Å². The molecule has 0 fully saturated rings. The lowest BCUT2D eigenvalue weighted by Gasteiger charge is -2.08. The van der Waals surface area contributed by atoms with E-state index in [1.54, 1.807) is 0 Å². The number of ether oxygens (including phenoxy) is 3. The van der Waals surface area contributed by atoms with E-state index in [-0.39, 0.29) is 19.2 Å². The minimum absolute atomic E-state index is 0.163. The van der Waals surface area contributed by atoms with Gasteiger partial charge in [-0.05, 0) is 12.0 Å². The lowest BCUT2D eigenvalue weighted by atomic mass is 10.1. The first-order valence-electron chi connectivity index (χ1n) is 11.4.